The molecule has 0 radical (unpaired) electrons. The molecule has 0 saturated heterocycles. The Morgan fingerprint density at radius 3 is 2.46 bits per heavy atom. The van der Waals surface area contributed by atoms with Crippen LogP contribution < -0.4 is 5.32 Å². The number of carbonyl (C=O) groups excluding carboxylic acids is 1. The molecule has 1 amide bonds. The Kier molecular flexibility index (Phi) is 4.63. The van der Waals surface area contributed by atoms with E-state index in [1.807, 2.05) is 12.1 Å². The van der Waals surface area contributed by atoms with E-state index in [2.05, 4.69) is 11.4 Å². The minimum Gasteiger partial charge on any atom is -0.477 e. The van der Waals surface area contributed by atoms with E-state index in [-0.39, 0.29) is 23.1 Å². The van der Waals surface area contributed by atoms with E-state index < -0.39 is 5.97 Å². The molecular formula is C21H13ClN2O3S. The fourth-order valence-corrected chi connectivity index (χ4v) is 4.76. The fraction of sp³-hybridized carbons (Fsp3) is 0.0952. The average Bonchev–Trinajstić information content (AvgIpc) is 3.07. The highest BCUT2D eigenvalue weighted by Gasteiger charge is 2.34. The van der Waals surface area contributed by atoms with Gasteiger partial charge >= 0.3 is 5.97 Å². The lowest BCUT2D eigenvalue weighted by Gasteiger charge is -2.24. The number of benzene rings is 2. The molecule has 138 valence electrons. The number of nitrogens with one attached hydrogen (secondary N) is 1. The lowest BCUT2D eigenvalue weighted by atomic mass is 9.88. The van der Waals surface area contributed by atoms with Crippen LogP contribution in [0.4, 0.5) is 5.69 Å². The minimum absolute atomic E-state index is 0.174. The molecule has 1 aliphatic heterocycles. The number of hydrogen-bond acceptors (Lipinski definition) is 4. The number of fused-ring (bicyclic) bond motifs is 1. The smallest absolute Gasteiger partial charge is 0.346 e. The molecule has 2 aromatic carbocycles. The number of thiophene rings is 1. The molecule has 2 N–H and O–H groups in total. The molecule has 1 atom stereocenters. The first-order chi connectivity index (χ1) is 13.5. The van der Waals surface area contributed by atoms with Crippen molar-refractivity contribution < 1.29 is 14.7 Å². The van der Waals surface area contributed by atoms with Gasteiger partial charge in [0.15, 0.2) is 0 Å². The Morgan fingerprint density at radius 2 is 1.86 bits per heavy atom. The lowest BCUT2D eigenvalue weighted by Crippen LogP contribution is -2.22. The van der Waals surface area contributed by atoms with Gasteiger partial charge in [0.05, 0.1) is 17.3 Å². The van der Waals surface area contributed by atoms with E-state index in [4.69, 9.17) is 16.9 Å². The number of nitrogens with zero attached hydrogens (tertiary/aromatic N) is 1. The third-order valence-electron chi connectivity index (χ3n) is 4.68. The number of rotatable bonds is 3. The summed E-state index contributed by atoms with van der Waals surface area (Å²) < 4.78 is 0. The number of amides is 1. The maximum Gasteiger partial charge on any atom is 0.346 e. The van der Waals surface area contributed by atoms with E-state index in [1.54, 1.807) is 36.4 Å². The van der Waals surface area contributed by atoms with Gasteiger partial charge in [0, 0.05) is 27.8 Å². The Labute approximate surface area is 169 Å². The Bertz CT molecular complexity index is 1130. The molecule has 5 nitrogen and oxygen atoms in total. The van der Waals surface area contributed by atoms with Gasteiger partial charge in [-0.05, 0) is 35.4 Å². The van der Waals surface area contributed by atoms with Crippen molar-refractivity contribution in [3.8, 4) is 17.2 Å². The average molecular weight is 409 g/mol. The van der Waals surface area contributed by atoms with Crippen LogP contribution in [0, 0.1) is 11.3 Å². The van der Waals surface area contributed by atoms with Gasteiger partial charge in [-0.1, -0.05) is 35.9 Å². The summed E-state index contributed by atoms with van der Waals surface area (Å²) in [4.78, 5) is 25.3. The van der Waals surface area contributed by atoms with Gasteiger partial charge in [0.25, 0.3) is 0 Å². The number of halogens is 1. The van der Waals surface area contributed by atoms with Crippen LogP contribution in [0.5, 0.6) is 0 Å². The molecule has 0 aliphatic carbocycles. The third kappa shape index (κ3) is 3.15. The summed E-state index contributed by atoms with van der Waals surface area (Å²) >= 11 is 7.14. The molecular weight excluding hydrogens is 396 g/mol. The van der Waals surface area contributed by atoms with Gasteiger partial charge in [-0.25, -0.2) is 4.79 Å². The minimum atomic E-state index is -1.04. The molecule has 0 unspecified atom stereocenters. The van der Waals surface area contributed by atoms with Crippen molar-refractivity contribution in [3.05, 3.63) is 74.4 Å². The molecule has 2 heterocycles. The van der Waals surface area contributed by atoms with Crippen LogP contribution in [-0.4, -0.2) is 17.0 Å². The fourth-order valence-electron chi connectivity index (χ4n) is 3.39. The van der Waals surface area contributed by atoms with Crippen molar-refractivity contribution in [1.82, 2.24) is 0 Å². The highest BCUT2D eigenvalue weighted by atomic mass is 35.5. The highest BCUT2D eigenvalue weighted by molar-refractivity contribution is 7.15. The molecule has 3 aromatic rings. The van der Waals surface area contributed by atoms with Crippen LogP contribution in [0.25, 0.3) is 11.1 Å². The number of carboxylic acids is 1. The second kappa shape index (κ2) is 7.12. The molecule has 0 fully saturated rings. The lowest BCUT2D eigenvalue weighted by molar-refractivity contribution is -0.116. The van der Waals surface area contributed by atoms with Gasteiger partial charge < -0.3 is 10.4 Å². The van der Waals surface area contributed by atoms with Gasteiger partial charge in [-0.3, -0.25) is 4.79 Å². The number of hydrogen-bond donors (Lipinski definition) is 2. The summed E-state index contributed by atoms with van der Waals surface area (Å²) in [6, 6.07) is 16.0. The van der Waals surface area contributed by atoms with Crippen LogP contribution in [0.2, 0.25) is 5.02 Å². The van der Waals surface area contributed by atoms with Crippen LogP contribution in [0.15, 0.2) is 48.5 Å². The van der Waals surface area contributed by atoms with Gasteiger partial charge in [0.2, 0.25) is 5.91 Å². The Morgan fingerprint density at radius 1 is 1.18 bits per heavy atom. The van der Waals surface area contributed by atoms with E-state index >= 15 is 0 Å². The van der Waals surface area contributed by atoms with E-state index in [9.17, 15) is 14.7 Å². The standard InChI is InChI=1S/C21H13ClN2O3S/c22-14-7-5-13(6-8-14)17-18-19(28-20(17)21(26)27)15(9-16(25)24-18)12-3-1-11(10-23)2-4-12/h1-8,15H,9H2,(H,24,25)(H,26,27)/t15-/m0/s1. The summed E-state index contributed by atoms with van der Waals surface area (Å²) in [6.45, 7) is 0. The van der Waals surface area contributed by atoms with Gasteiger partial charge in [-0.15, -0.1) is 11.3 Å². The van der Waals surface area contributed by atoms with Crippen molar-refractivity contribution in [3.63, 3.8) is 0 Å². The van der Waals surface area contributed by atoms with Gasteiger partial charge in [-0.2, -0.15) is 5.26 Å². The molecule has 7 heteroatoms. The third-order valence-corrected chi connectivity index (χ3v) is 6.22. The predicted molar refractivity (Wildman–Crippen MR) is 108 cm³/mol. The van der Waals surface area contributed by atoms with Crippen LogP contribution >= 0.6 is 22.9 Å². The Balaban J connectivity index is 1.90. The first-order valence-corrected chi connectivity index (χ1v) is 9.63. The summed E-state index contributed by atoms with van der Waals surface area (Å²) in [5.74, 6) is -1.48. The number of carbonyl (C=O) groups is 2. The molecule has 0 spiro atoms. The molecule has 1 aromatic heterocycles. The van der Waals surface area contributed by atoms with Crippen LogP contribution in [0.3, 0.4) is 0 Å². The highest BCUT2D eigenvalue weighted by Crippen LogP contribution is 2.49. The van der Waals surface area contributed by atoms with Gasteiger partial charge in [0.1, 0.15) is 4.88 Å². The second-order valence-corrected chi connectivity index (χ2v) is 7.88. The molecule has 0 bridgehead atoms. The maximum atomic E-state index is 12.4. The van der Waals surface area contributed by atoms with Crippen molar-refractivity contribution in [2.45, 2.75) is 12.3 Å². The zero-order valence-electron chi connectivity index (χ0n) is 14.4. The van der Waals surface area contributed by atoms with Crippen molar-refractivity contribution >= 4 is 40.5 Å². The van der Waals surface area contributed by atoms with E-state index in [0.29, 0.717) is 27.4 Å². The summed E-state index contributed by atoms with van der Waals surface area (Å²) in [5, 5.41) is 22.2. The summed E-state index contributed by atoms with van der Waals surface area (Å²) in [7, 11) is 0. The Hall–Kier alpha value is -3.14. The largest absolute Gasteiger partial charge is 0.477 e. The predicted octanol–water partition coefficient (Wildman–Crippen LogP) is 5.11. The topological polar surface area (TPSA) is 90.2 Å². The zero-order valence-corrected chi connectivity index (χ0v) is 16.0. The number of aromatic carboxylic acids is 1. The molecule has 28 heavy (non-hydrogen) atoms. The van der Waals surface area contributed by atoms with E-state index in [1.165, 1.54) is 11.3 Å². The van der Waals surface area contributed by atoms with Crippen molar-refractivity contribution in [2.24, 2.45) is 0 Å². The second-order valence-electron chi connectivity index (χ2n) is 6.40. The zero-order chi connectivity index (χ0) is 19.8. The number of carboxylic acid groups (broad SMARTS) is 1. The first kappa shape index (κ1) is 18.2. The van der Waals surface area contributed by atoms with Crippen LogP contribution in [0.1, 0.15) is 38.0 Å². The van der Waals surface area contributed by atoms with Crippen molar-refractivity contribution in [1.29, 1.82) is 5.26 Å². The molecule has 4 rings (SSSR count). The number of nitriles is 1. The molecule has 0 saturated carbocycles. The SMILES string of the molecule is N#Cc1ccc([C@@H]2CC(=O)Nc3c2sc(C(=O)O)c3-c2ccc(Cl)cc2)cc1. The quantitative estimate of drug-likeness (QED) is 0.629. The molecule has 1 aliphatic rings. The maximum absolute atomic E-state index is 12.4. The van der Waals surface area contributed by atoms with Crippen molar-refractivity contribution in [2.75, 3.05) is 5.32 Å². The summed E-state index contributed by atoms with van der Waals surface area (Å²) in [5.41, 5.74) is 3.12. The monoisotopic (exact) mass is 408 g/mol. The van der Waals surface area contributed by atoms with Crippen LogP contribution in [-0.2, 0) is 4.79 Å². The number of anilines is 1. The normalized spacial score (nSPS) is 15.4. The summed E-state index contributed by atoms with van der Waals surface area (Å²) in [6.07, 6.45) is 0.221. The first-order valence-electron chi connectivity index (χ1n) is 8.43. The van der Waals surface area contributed by atoms with E-state index in [0.717, 1.165) is 10.4 Å².